The van der Waals surface area contributed by atoms with E-state index in [2.05, 4.69) is 10.5 Å². The molecular formula is C9H19N3O2. The largest absolute Gasteiger partial charge is 0.409 e. The van der Waals surface area contributed by atoms with Crippen LogP contribution in [0.4, 0.5) is 0 Å². The van der Waals surface area contributed by atoms with Crippen molar-refractivity contribution in [2.45, 2.75) is 44.2 Å². The minimum Gasteiger partial charge on any atom is -0.409 e. The first-order valence-corrected chi connectivity index (χ1v) is 5.10. The van der Waals surface area contributed by atoms with Crippen LogP contribution < -0.4 is 11.1 Å². The summed E-state index contributed by atoms with van der Waals surface area (Å²) >= 11 is 0. The second kappa shape index (κ2) is 5.82. The molecule has 0 amide bonds. The molecule has 0 aromatic carbocycles. The Kier molecular flexibility index (Phi) is 4.69. The van der Waals surface area contributed by atoms with E-state index < -0.39 is 0 Å². The highest BCUT2D eigenvalue weighted by Gasteiger charge is 2.25. The highest BCUT2D eigenvalue weighted by atomic mass is 16.4. The van der Waals surface area contributed by atoms with Crippen molar-refractivity contribution in [3.63, 3.8) is 0 Å². The highest BCUT2D eigenvalue weighted by molar-refractivity contribution is 5.79. The zero-order valence-electron chi connectivity index (χ0n) is 8.32. The lowest BCUT2D eigenvalue weighted by atomic mass is 9.89. The smallest absolute Gasteiger partial charge is 0.139 e. The van der Waals surface area contributed by atoms with Crippen molar-refractivity contribution in [3.05, 3.63) is 0 Å². The maximum Gasteiger partial charge on any atom is 0.139 e. The standard InChI is InChI=1S/C9H19N3O2/c10-9(12-14)3-1-2-4-11-7-5-8(13)6-7/h7-8,11,13-14H,1-6H2,(H2,10,12). The molecule has 0 radical (unpaired) electrons. The second-order valence-corrected chi connectivity index (χ2v) is 3.82. The fourth-order valence-electron chi connectivity index (χ4n) is 1.54. The molecule has 5 N–H and O–H groups in total. The molecule has 1 fully saturated rings. The van der Waals surface area contributed by atoms with Gasteiger partial charge < -0.3 is 21.4 Å². The van der Waals surface area contributed by atoms with Crippen molar-refractivity contribution < 1.29 is 10.3 Å². The van der Waals surface area contributed by atoms with E-state index in [-0.39, 0.29) is 6.10 Å². The molecule has 1 saturated carbocycles. The van der Waals surface area contributed by atoms with Gasteiger partial charge in [0.2, 0.25) is 0 Å². The zero-order chi connectivity index (χ0) is 10.4. The molecule has 0 bridgehead atoms. The van der Waals surface area contributed by atoms with Crippen LogP contribution in [0, 0.1) is 0 Å². The highest BCUT2D eigenvalue weighted by Crippen LogP contribution is 2.19. The minimum absolute atomic E-state index is 0.0929. The predicted octanol–water partition coefficient (Wildman–Crippen LogP) is 0.0160. The number of hydrogen-bond donors (Lipinski definition) is 4. The molecule has 0 aromatic rings. The van der Waals surface area contributed by atoms with Crippen LogP contribution in [0.5, 0.6) is 0 Å². The first-order chi connectivity index (χ1) is 6.72. The maximum absolute atomic E-state index is 9.03. The van der Waals surface area contributed by atoms with Crippen LogP contribution in [-0.2, 0) is 0 Å². The summed E-state index contributed by atoms with van der Waals surface area (Å²) in [6.45, 7) is 0.941. The number of nitrogens with two attached hydrogens (primary N) is 1. The SMILES string of the molecule is NC(CCCCNC1CC(O)C1)=NO. The molecular weight excluding hydrogens is 182 g/mol. The van der Waals surface area contributed by atoms with Gasteiger partial charge >= 0.3 is 0 Å². The normalized spacial score (nSPS) is 27.4. The molecule has 0 unspecified atom stereocenters. The number of rotatable bonds is 6. The molecule has 0 aliphatic heterocycles. The van der Waals surface area contributed by atoms with Crippen LogP contribution >= 0.6 is 0 Å². The molecule has 1 rings (SSSR count). The van der Waals surface area contributed by atoms with E-state index in [0.29, 0.717) is 18.3 Å². The third kappa shape index (κ3) is 3.93. The maximum atomic E-state index is 9.03. The van der Waals surface area contributed by atoms with Gasteiger partial charge in [0.05, 0.1) is 6.10 Å². The van der Waals surface area contributed by atoms with Gasteiger partial charge in [-0.15, -0.1) is 0 Å². The van der Waals surface area contributed by atoms with Crippen molar-refractivity contribution in [1.82, 2.24) is 5.32 Å². The minimum atomic E-state index is -0.0929. The Morgan fingerprint density at radius 1 is 1.43 bits per heavy atom. The summed E-state index contributed by atoms with van der Waals surface area (Å²) in [7, 11) is 0. The Labute approximate surface area is 84.0 Å². The lowest BCUT2D eigenvalue weighted by Crippen LogP contribution is -2.44. The van der Waals surface area contributed by atoms with Gasteiger partial charge in [-0.1, -0.05) is 5.16 Å². The van der Waals surface area contributed by atoms with Crippen LogP contribution in [0.25, 0.3) is 0 Å². The van der Waals surface area contributed by atoms with E-state index in [1.165, 1.54) is 0 Å². The van der Waals surface area contributed by atoms with Crippen LogP contribution in [0.2, 0.25) is 0 Å². The molecule has 0 aromatic heterocycles. The van der Waals surface area contributed by atoms with Gasteiger partial charge in [-0.05, 0) is 32.2 Å². The molecule has 82 valence electrons. The van der Waals surface area contributed by atoms with E-state index >= 15 is 0 Å². The summed E-state index contributed by atoms with van der Waals surface area (Å²) in [5, 5.41) is 23.5. The summed E-state index contributed by atoms with van der Waals surface area (Å²) in [5.41, 5.74) is 5.32. The van der Waals surface area contributed by atoms with E-state index in [9.17, 15) is 0 Å². The Morgan fingerprint density at radius 2 is 2.14 bits per heavy atom. The van der Waals surface area contributed by atoms with Crippen LogP contribution in [-0.4, -0.2) is 34.8 Å². The van der Waals surface area contributed by atoms with Gasteiger partial charge in [0.25, 0.3) is 0 Å². The summed E-state index contributed by atoms with van der Waals surface area (Å²) in [4.78, 5) is 0. The topological polar surface area (TPSA) is 90.9 Å². The number of amidine groups is 1. The average molecular weight is 201 g/mol. The lowest BCUT2D eigenvalue weighted by molar-refractivity contribution is 0.0626. The quantitative estimate of drug-likeness (QED) is 0.160. The first kappa shape index (κ1) is 11.3. The second-order valence-electron chi connectivity index (χ2n) is 3.82. The molecule has 0 spiro atoms. The number of nitrogens with one attached hydrogen (secondary N) is 1. The summed E-state index contributed by atoms with van der Waals surface area (Å²) in [5.74, 6) is 0.295. The summed E-state index contributed by atoms with van der Waals surface area (Å²) < 4.78 is 0. The Morgan fingerprint density at radius 3 is 2.71 bits per heavy atom. The van der Waals surface area contributed by atoms with Crippen molar-refractivity contribution >= 4 is 5.84 Å². The van der Waals surface area contributed by atoms with Gasteiger partial charge in [0, 0.05) is 12.5 Å². The molecule has 1 aliphatic carbocycles. The van der Waals surface area contributed by atoms with Crippen LogP contribution in [0.3, 0.4) is 0 Å². The molecule has 5 heteroatoms. The van der Waals surface area contributed by atoms with Gasteiger partial charge in [-0.2, -0.15) is 0 Å². The lowest BCUT2D eigenvalue weighted by Gasteiger charge is -2.32. The fraction of sp³-hybridized carbons (Fsp3) is 0.889. The summed E-state index contributed by atoms with van der Waals surface area (Å²) in [6.07, 6.45) is 4.25. The third-order valence-corrected chi connectivity index (χ3v) is 2.53. The number of unbranched alkanes of at least 4 members (excludes halogenated alkanes) is 1. The first-order valence-electron chi connectivity index (χ1n) is 5.10. The Balaban J connectivity index is 1.85. The fourth-order valence-corrected chi connectivity index (χ4v) is 1.54. The van der Waals surface area contributed by atoms with Crippen molar-refractivity contribution in [2.75, 3.05) is 6.54 Å². The number of aliphatic hydroxyl groups excluding tert-OH is 1. The van der Waals surface area contributed by atoms with Crippen molar-refractivity contribution in [1.29, 1.82) is 0 Å². The molecule has 0 heterocycles. The molecule has 5 nitrogen and oxygen atoms in total. The van der Waals surface area contributed by atoms with E-state index in [4.69, 9.17) is 16.0 Å². The van der Waals surface area contributed by atoms with E-state index in [1.54, 1.807) is 0 Å². The van der Waals surface area contributed by atoms with Gasteiger partial charge in [-0.3, -0.25) is 0 Å². The number of hydrogen-bond acceptors (Lipinski definition) is 4. The zero-order valence-corrected chi connectivity index (χ0v) is 8.32. The third-order valence-electron chi connectivity index (χ3n) is 2.53. The number of oxime groups is 1. The molecule has 1 aliphatic rings. The Hall–Kier alpha value is -0.810. The van der Waals surface area contributed by atoms with Gasteiger partial charge in [0.15, 0.2) is 0 Å². The predicted molar refractivity (Wildman–Crippen MR) is 54.3 cm³/mol. The van der Waals surface area contributed by atoms with Crippen molar-refractivity contribution in [3.8, 4) is 0 Å². The van der Waals surface area contributed by atoms with Crippen LogP contribution in [0.1, 0.15) is 32.1 Å². The van der Waals surface area contributed by atoms with E-state index in [0.717, 1.165) is 32.2 Å². The monoisotopic (exact) mass is 201 g/mol. The molecule has 14 heavy (non-hydrogen) atoms. The number of aliphatic hydroxyl groups is 1. The number of nitrogens with zero attached hydrogens (tertiary/aromatic N) is 1. The molecule has 0 saturated heterocycles. The van der Waals surface area contributed by atoms with Gasteiger partial charge in [-0.25, -0.2) is 0 Å². The van der Waals surface area contributed by atoms with E-state index in [1.807, 2.05) is 0 Å². The van der Waals surface area contributed by atoms with Gasteiger partial charge in [0.1, 0.15) is 5.84 Å². The Bertz CT molecular complexity index is 190. The van der Waals surface area contributed by atoms with Crippen molar-refractivity contribution in [2.24, 2.45) is 10.9 Å². The molecule has 0 atom stereocenters. The average Bonchev–Trinajstić information content (AvgIpc) is 2.13. The summed E-state index contributed by atoms with van der Waals surface area (Å²) in [6, 6.07) is 0.494. The van der Waals surface area contributed by atoms with Crippen LogP contribution in [0.15, 0.2) is 5.16 Å².